The molecule has 28 heavy (non-hydrogen) atoms. The number of benzene rings is 1. The van der Waals surface area contributed by atoms with Crippen molar-refractivity contribution in [1.82, 2.24) is 8.87 Å². The molecule has 3 rings (SSSR count). The number of piperazine rings is 1. The third kappa shape index (κ3) is 3.90. The van der Waals surface area contributed by atoms with Crippen LogP contribution in [0.25, 0.3) is 0 Å². The molecular weight excluding hydrogens is 402 g/mol. The largest absolute Gasteiger partial charge is 0.461 e. The quantitative estimate of drug-likeness (QED) is 0.689. The molecule has 0 saturated carbocycles. The van der Waals surface area contributed by atoms with Crippen LogP contribution in [0.2, 0.25) is 5.02 Å². The molecule has 1 aliphatic rings. The van der Waals surface area contributed by atoms with Crippen LogP contribution in [0.4, 0.5) is 5.69 Å². The molecular formula is C19H24ClN3O4S. The second kappa shape index (κ2) is 8.14. The van der Waals surface area contributed by atoms with Crippen molar-refractivity contribution in [2.24, 2.45) is 7.05 Å². The lowest BCUT2D eigenvalue weighted by molar-refractivity contribution is 0.0515. The molecule has 2 aromatic rings. The van der Waals surface area contributed by atoms with Crippen LogP contribution in [0.3, 0.4) is 0 Å². The van der Waals surface area contributed by atoms with Crippen molar-refractivity contribution in [2.75, 3.05) is 37.7 Å². The van der Waals surface area contributed by atoms with E-state index >= 15 is 0 Å². The first-order valence-corrected chi connectivity index (χ1v) is 10.9. The normalized spacial score (nSPS) is 15.6. The first-order valence-electron chi connectivity index (χ1n) is 9.09. The average molecular weight is 426 g/mol. The summed E-state index contributed by atoms with van der Waals surface area (Å²) in [6, 6.07) is 8.93. The summed E-state index contributed by atoms with van der Waals surface area (Å²) in [6.07, 6.45) is 0. The van der Waals surface area contributed by atoms with E-state index in [4.69, 9.17) is 16.3 Å². The van der Waals surface area contributed by atoms with E-state index in [-0.39, 0.29) is 17.2 Å². The SMILES string of the molecule is CCOC(=O)c1cc(S(=O)(=O)N2CCN(c3cccc(Cl)c3)CC2)c(C)n1C. The molecule has 1 aromatic heterocycles. The number of halogens is 1. The van der Waals surface area contributed by atoms with Crippen LogP contribution in [-0.2, 0) is 21.8 Å². The van der Waals surface area contributed by atoms with Gasteiger partial charge < -0.3 is 14.2 Å². The van der Waals surface area contributed by atoms with Gasteiger partial charge in [0.15, 0.2) is 0 Å². The van der Waals surface area contributed by atoms with Gasteiger partial charge in [0.05, 0.1) is 6.61 Å². The van der Waals surface area contributed by atoms with Crippen molar-refractivity contribution in [2.45, 2.75) is 18.7 Å². The summed E-state index contributed by atoms with van der Waals surface area (Å²) < 4.78 is 34.4. The Hall–Kier alpha value is -2.03. The number of anilines is 1. The summed E-state index contributed by atoms with van der Waals surface area (Å²) in [5.41, 5.74) is 1.72. The fourth-order valence-corrected chi connectivity index (χ4v) is 5.21. The minimum absolute atomic E-state index is 0.147. The maximum Gasteiger partial charge on any atom is 0.354 e. The molecule has 1 aliphatic heterocycles. The first-order chi connectivity index (χ1) is 13.3. The molecule has 1 saturated heterocycles. The highest BCUT2D eigenvalue weighted by Crippen LogP contribution is 2.26. The van der Waals surface area contributed by atoms with Gasteiger partial charge in [0.1, 0.15) is 10.6 Å². The second-order valence-corrected chi connectivity index (χ2v) is 8.97. The smallest absolute Gasteiger partial charge is 0.354 e. The molecule has 0 atom stereocenters. The molecule has 152 valence electrons. The third-order valence-electron chi connectivity index (χ3n) is 5.00. The molecule has 0 amide bonds. The third-order valence-corrected chi connectivity index (χ3v) is 7.25. The number of esters is 1. The van der Waals surface area contributed by atoms with Gasteiger partial charge in [0.2, 0.25) is 10.0 Å². The van der Waals surface area contributed by atoms with Crippen LogP contribution in [0.1, 0.15) is 23.1 Å². The Morgan fingerprint density at radius 3 is 2.46 bits per heavy atom. The van der Waals surface area contributed by atoms with E-state index in [1.165, 1.54) is 10.4 Å². The lowest BCUT2D eigenvalue weighted by atomic mass is 10.2. The molecule has 0 bridgehead atoms. The number of rotatable bonds is 5. The van der Waals surface area contributed by atoms with Gasteiger partial charge in [-0.15, -0.1) is 0 Å². The number of hydrogen-bond acceptors (Lipinski definition) is 5. The van der Waals surface area contributed by atoms with E-state index in [0.717, 1.165) is 5.69 Å². The van der Waals surface area contributed by atoms with E-state index in [9.17, 15) is 13.2 Å². The van der Waals surface area contributed by atoms with E-state index in [2.05, 4.69) is 4.90 Å². The van der Waals surface area contributed by atoms with Gasteiger partial charge in [-0.1, -0.05) is 17.7 Å². The van der Waals surface area contributed by atoms with Crippen molar-refractivity contribution in [3.05, 3.63) is 46.7 Å². The zero-order chi connectivity index (χ0) is 20.5. The molecule has 1 aromatic carbocycles. The summed E-state index contributed by atoms with van der Waals surface area (Å²) >= 11 is 6.05. The Balaban J connectivity index is 1.79. The maximum atomic E-state index is 13.2. The fraction of sp³-hybridized carbons (Fsp3) is 0.421. The Morgan fingerprint density at radius 2 is 1.86 bits per heavy atom. The molecule has 1 fully saturated rings. The number of carbonyl (C=O) groups excluding carboxylic acids is 1. The van der Waals surface area contributed by atoms with Crippen molar-refractivity contribution < 1.29 is 17.9 Å². The van der Waals surface area contributed by atoms with Crippen molar-refractivity contribution in [3.8, 4) is 0 Å². The van der Waals surface area contributed by atoms with Gasteiger partial charge in [0, 0.05) is 49.6 Å². The highest BCUT2D eigenvalue weighted by molar-refractivity contribution is 7.89. The number of sulfonamides is 1. The molecule has 0 N–H and O–H groups in total. The predicted molar refractivity (Wildman–Crippen MR) is 109 cm³/mol. The Labute approximate surface area is 170 Å². The maximum absolute atomic E-state index is 13.2. The predicted octanol–water partition coefficient (Wildman–Crippen LogP) is 2.67. The lowest BCUT2D eigenvalue weighted by Crippen LogP contribution is -2.48. The number of ether oxygens (including phenoxy) is 1. The zero-order valence-electron chi connectivity index (χ0n) is 16.2. The molecule has 2 heterocycles. The van der Waals surface area contributed by atoms with Crippen LogP contribution in [0.5, 0.6) is 0 Å². The topological polar surface area (TPSA) is 71.8 Å². The van der Waals surface area contributed by atoms with Gasteiger partial charge in [-0.05, 0) is 38.1 Å². The Morgan fingerprint density at radius 1 is 1.18 bits per heavy atom. The van der Waals surface area contributed by atoms with Gasteiger partial charge in [0.25, 0.3) is 0 Å². The molecule has 9 heteroatoms. The van der Waals surface area contributed by atoms with Crippen LogP contribution >= 0.6 is 11.6 Å². The van der Waals surface area contributed by atoms with E-state index < -0.39 is 16.0 Å². The van der Waals surface area contributed by atoms with Gasteiger partial charge in [-0.25, -0.2) is 13.2 Å². The molecule has 0 aliphatic carbocycles. The highest BCUT2D eigenvalue weighted by atomic mass is 35.5. The molecule has 0 spiro atoms. The summed E-state index contributed by atoms with van der Waals surface area (Å²) in [7, 11) is -2.04. The van der Waals surface area contributed by atoms with Crippen LogP contribution in [-0.4, -0.2) is 56.0 Å². The minimum Gasteiger partial charge on any atom is -0.461 e. The Bertz CT molecular complexity index is 979. The fourth-order valence-electron chi connectivity index (χ4n) is 3.33. The summed E-state index contributed by atoms with van der Waals surface area (Å²) in [5, 5.41) is 0.652. The van der Waals surface area contributed by atoms with Gasteiger partial charge in [-0.2, -0.15) is 4.31 Å². The number of carbonyl (C=O) groups is 1. The summed E-state index contributed by atoms with van der Waals surface area (Å²) in [4.78, 5) is 14.4. The molecule has 0 radical (unpaired) electrons. The van der Waals surface area contributed by atoms with E-state index in [0.29, 0.717) is 36.9 Å². The Kier molecular flexibility index (Phi) is 6.02. The summed E-state index contributed by atoms with van der Waals surface area (Å²) in [5.74, 6) is -0.527. The van der Waals surface area contributed by atoms with Crippen LogP contribution < -0.4 is 4.90 Å². The summed E-state index contributed by atoms with van der Waals surface area (Å²) in [6.45, 7) is 5.49. The monoisotopic (exact) mass is 425 g/mol. The van der Waals surface area contributed by atoms with Crippen molar-refractivity contribution in [3.63, 3.8) is 0 Å². The van der Waals surface area contributed by atoms with Crippen LogP contribution in [0.15, 0.2) is 35.2 Å². The lowest BCUT2D eigenvalue weighted by Gasteiger charge is -2.35. The average Bonchev–Trinajstić information content (AvgIpc) is 2.98. The first kappa shape index (κ1) is 20.7. The minimum atomic E-state index is -3.70. The second-order valence-electron chi connectivity index (χ2n) is 6.63. The van der Waals surface area contributed by atoms with Gasteiger partial charge >= 0.3 is 5.97 Å². The number of nitrogens with zero attached hydrogens (tertiary/aromatic N) is 3. The highest BCUT2D eigenvalue weighted by Gasteiger charge is 2.32. The zero-order valence-corrected chi connectivity index (χ0v) is 17.8. The van der Waals surface area contributed by atoms with Crippen molar-refractivity contribution in [1.29, 1.82) is 0 Å². The number of aromatic nitrogens is 1. The van der Waals surface area contributed by atoms with Crippen molar-refractivity contribution >= 4 is 33.3 Å². The molecule has 7 nitrogen and oxygen atoms in total. The standard InChI is InChI=1S/C19H24ClN3O4S/c1-4-27-19(24)17-13-18(14(2)21(17)3)28(25,26)23-10-8-22(9-11-23)16-7-5-6-15(20)12-16/h5-7,12-13H,4,8-11H2,1-3H3. The van der Waals surface area contributed by atoms with E-state index in [1.807, 2.05) is 24.3 Å². The van der Waals surface area contributed by atoms with E-state index in [1.54, 1.807) is 25.5 Å². The molecule has 0 unspecified atom stereocenters. The van der Waals surface area contributed by atoms with Gasteiger partial charge in [-0.3, -0.25) is 0 Å². The number of hydrogen-bond donors (Lipinski definition) is 0. The van der Waals surface area contributed by atoms with Crippen LogP contribution in [0, 0.1) is 6.92 Å².